The molecule has 3 N–H and O–H groups in total. The van der Waals surface area contributed by atoms with Gasteiger partial charge in [0, 0.05) is 12.6 Å². The van der Waals surface area contributed by atoms with Crippen molar-refractivity contribution in [2.45, 2.75) is 25.8 Å². The Morgan fingerprint density at radius 2 is 2.05 bits per heavy atom. The molecule has 0 saturated carbocycles. The molecule has 0 aliphatic carbocycles. The first-order valence-electron chi connectivity index (χ1n) is 6.76. The van der Waals surface area contributed by atoms with E-state index in [1.54, 1.807) is 0 Å². The highest BCUT2D eigenvalue weighted by molar-refractivity contribution is 5.95. The number of carbonyl (C=O) groups excluding carboxylic acids is 1. The first kappa shape index (κ1) is 14.7. The lowest BCUT2D eigenvalue weighted by Gasteiger charge is -2.23. The second-order valence-electron chi connectivity index (χ2n) is 5.16. The summed E-state index contributed by atoms with van der Waals surface area (Å²) in [5, 5.41) is 2.63. The topological polar surface area (TPSA) is 58.4 Å². The predicted octanol–water partition coefficient (Wildman–Crippen LogP) is 1.76. The minimum Gasteiger partial charge on any atom is -0.396 e. The SMILES string of the molecule is CC(CNC(=O)c1cc(F)cc(N)c1F)N1CCCC1. The Morgan fingerprint density at radius 1 is 1.40 bits per heavy atom. The van der Waals surface area contributed by atoms with Crippen LogP contribution in [0, 0.1) is 11.6 Å². The molecule has 0 radical (unpaired) electrons. The van der Waals surface area contributed by atoms with E-state index < -0.39 is 17.5 Å². The first-order valence-corrected chi connectivity index (χ1v) is 6.76. The average Bonchev–Trinajstić information content (AvgIpc) is 2.93. The summed E-state index contributed by atoms with van der Waals surface area (Å²) in [4.78, 5) is 14.2. The van der Waals surface area contributed by atoms with Crippen molar-refractivity contribution < 1.29 is 13.6 Å². The van der Waals surface area contributed by atoms with Crippen LogP contribution in [0.3, 0.4) is 0 Å². The number of hydrogen-bond acceptors (Lipinski definition) is 3. The van der Waals surface area contributed by atoms with Crippen molar-refractivity contribution in [3.05, 3.63) is 29.3 Å². The molecule has 2 rings (SSSR count). The molecule has 1 atom stereocenters. The van der Waals surface area contributed by atoms with Crippen LogP contribution in [-0.4, -0.2) is 36.5 Å². The molecule has 1 fully saturated rings. The van der Waals surface area contributed by atoms with E-state index in [4.69, 9.17) is 5.73 Å². The van der Waals surface area contributed by atoms with Gasteiger partial charge < -0.3 is 11.1 Å². The molecule has 1 heterocycles. The highest BCUT2D eigenvalue weighted by Gasteiger charge is 2.20. The zero-order valence-electron chi connectivity index (χ0n) is 11.5. The molecule has 1 unspecified atom stereocenters. The van der Waals surface area contributed by atoms with Crippen LogP contribution in [0.5, 0.6) is 0 Å². The van der Waals surface area contributed by atoms with Crippen LogP contribution in [0.1, 0.15) is 30.1 Å². The summed E-state index contributed by atoms with van der Waals surface area (Å²) in [6.45, 7) is 4.42. The Morgan fingerprint density at radius 3 is 2.70 bits per heavy atom. The fourth-order valence-corrected chi connectivity index (χ4v) is 2.42. The third kappa shape index (κ3) is 3.25. The van der Waals surface area contributed by atoms with Gasteiger partial charge >= 0.3 is 0 Å². The molecular weight excluding hydrogens is 264 g/mol. The van der Waals surface area contributed by atoms with Gasteiger partial charge in [-0.15, -0.1) is 0 Å². The Kier molecular flexibility index (Phi) is 4.54. The lowest BCUT2D eigenvalue weighted by Crippen LogP contribution is -2.40. The fourth-order valence-electron chi connectivity index (χ4n) is 2.42. The van der Waals surface area contributed by atoms with E-state index in [2.05, 4.69) is 10.2 Å². The summed E-state index contributed by atoms with van der Waals surface area (Å²) in [5.74, 6) is -2.24. The maximum atomic E-state index is 13.7. The molecule has 6 heteroatoms. The number of benzene rings is 1. The van der Waals surface area contributed by atoms with E-state index in [9.17, 15) is 13.6 Å². The van der Waals surface area contributed by atoms with Crippen LogP contribution in [0.4, 0.5) is 14.5 Å². The second kappa shape index (κ2) is 6.17. The number of likely N-dealkylation sites (tertiary alicyclic amines) is 1. The number of nitrogen functional groups attached to an aromatic ring is 1. The number of nitrogens with zero attached hydrogens (tertiary/aromatic N) is 1. The van der Waals surface area contributed by atoms with Gasteiger partial charge in [0.15, 0.2) is 5.82 Å². The quantitative estimate of drug-likeness (QED) is 0.828. The Labute approximate surface area is 116 Å². The lowest BCUT2D eigenvalue weighted by atomic mass is 10.1. The van der Waals surface area contributed by atoms with Crippen LogP contribution in [0.15, 0.2) is 12.1 Å². The fraction of sp³-hybridized carbons (Fsp3) is 0.500. The highest BCUT2D eigenvalue weighted by atomic mass is 19.1. The van der Waals surface area contributed by atoms with Crippen molar-refractivity contribution in [1.29, 1.82) is 0 Å². The minimum absolute atomic E-state index is 0.176. The van der Waals surface area contributed by atoms with E-state index in [0.29, 0.717) is 6.54 Å². The largest absolute Gasteiger partial charge is 0.396 e. The molecule has 1 aromatic carbocycles. The van der Waals surface area contributed by atoms with Crippen molar-refractivity contribution in [2.24, 2.45) is 0 Å². The van der Waals surface area contributed by atoms with Gasteiger partial charge in [0.05, 0.1) is 11.3 Å². The molecule has 1 aromatic rings. The summed E-state index contributed by atoms with van der Waals surface area (Å²) in [5.41, 5.74) is 4.60. The van der Waals surface area contributed by atoms with Gasteiger partial charge in [0.1, 0.15) is 5.82 Å². The van der Waals surface area contributed by atoms with Gasteiger partial charge in [-0.3, -0.25) is 9.69 Å². The van der Waals surface area contributed by atoms with Crippen LogP contribution >= 0.6 is 0 Å². The molecule has 1 aliphatic heterocycles. The zero-order valence-corrected chi connectivity index (χ0v) is 11.5. The number of nitrogens with two attached hydrogens (primary N) is 1. The normalized spacial score (nSPS) is 17.1. The molecule has 1 amide bonds. The summed E-state index contributed by atoms with van der Waals surface area (Å²) in [7, 11) is 0. The van der Waals surface area contributed by atoms with Gasteiger partial charge in [-0.05, 0) is 45.0 Å². The standard InChI is InChI=1S/C14H19F2N3O/c1-9(19-4-2-3-5-19)8-18-14(20)11-6-10(15)7-12(17)13(11)16/h6-7,9H,2-5,8,17H2,1H3,(H,18,20). The number of anilines is 1. The summed E-state index contributed by atoms with van der Waals surface area (Å²) in [6, 6.07) is 1.90. The molecular formula is C14H19F2N3O. The van der Waals surface area contributed by atoms with Crippen LogP contribution < -0.4 is 11.1 Å². The van der Waals surface area contributed by atoms with E-state index in [0.717, 1.165) is 38.1 Å². The van der Waals surface area contributed by atoms with Crippen molar-refractivity contribution in [1.82, 2.24) is 10.2 Å². The van der Waals surface area contributed by atoms with E-state index in [-0.39, 0.29) is 17.3 Å². The molecule has 0 aromatic heterocycles. The first-order chi connectivity index (χ1) is 9.49. The molecule has 1 aliphatic rings. The Balaban J connectivity index is 1.98. The highest BCUT2D eigenvalue weighted by Crippen LogP contribution is 2.17. The third-order valence-electron chi connectivity index (χ3n) is 3.63. The smallest absolute Gasteiger partial charge is 0.254 e. The van der Waals surface area contributed by atoms with E-state index in [1.165, 1.54) is 0 Å². The Hall–Kier alpha value is -1.69. The van der Waals surface area contributed by atoms with Crippen molar-refractivity contribution in [3.63, 3.8) is 0 Å². The number of carbonyl (C=O) groups is 1. The number of amides is 1. The predicted molar refractivity (Wildman–Crippen MR) is 73.4 cm³/mol. The van der Waals surface area contributed by atoms with Gasteiger partial charge in [0.2, 0.25) is 0 Å². The number of halogens is 2. The molecule has 20 heavy (non-hydrogen) atoms. The average molecular weight is 283 g/mol. The summed E-state index contributed by atoms with van der Waals surface area (Å²) in [6.07, 6.45) is 2.32. The monoisotopic (exact) mass is 283 g/mol. The van der Waals surface area contributed by atoms with Crippen LogP contribution in [0.25, 0.3) is 0 Å². The zero-order chi connectivity index (χ0) is 14.7. The van der Waals surface area contributed by atoms with Crippen molar-refractivity contribution >= 4 is 11.6 Å². The number of nitrogens with one attached hydrogen (secondary N) is 1. The summed E-state index contributed by atoms with van der Waals surface area (Å²) < 4.78 is 26.9. The van der Waals surface area contributed by atoms with Crippen molar-refractivity contribution in [2.75, 3.05) is 25.4 Å². The number of rotatable bonds is 4. The maximum absolute atomic E-state index is 13.7. The van der Waals surface area contributed by atoms with Crippen molar-refractivity contribution in [3.8, 4) is 0 Å². The molecule has 4 nitrogen and oxygen atoms in total. The molecule has 0 bridgehead atoms. The maximum Gasteiger partial charge on any atom is 0.254 e. The molecule has 1 saturated heterocycles. The summed E-state index contributed by atoms with van der Waals surface area (Å²) >= 11 is 0. The van der Waals surface area contributed by atoms with E-state index >= 15 is 0 Å². The molecule has 0 spiro atoms. The van der Waals surface area contributed by atoms with Crippen LogP contribution in [-0.2, 0) is 0 Å². The minimum atomic E-state index is -0.877. The second-order valence-corrected chi connectivity index (χ2v) is 5.16. The molecule has 110 valence electrons. The number of hydrogen-bond donors (Lipinski definition) is 2. The van der Waals surface area contributed by atoms with E-state index in [1.807, 2.05) is 6.92 Å². The van der Waals surface area contributed by atoms with Gasteiger partial charge in [-0.25, -0.2) is 8.78 Å². The van der Waals surface area contributed by atoms with Gasteiger partial charge in [0.25, 0.3) is 5.91 Å². The lowest BCUT2D eigenvalue weighted by molar-refractivity contribution is 0.0936. The van der Waals surface area contributed by atoms with Gasteiger partial charge in [-0.2, -0.15) is 0 Å². The third-order valence-corrected chi connectivity index (χ3v) is 3.63. The Bertz CT molecular complexity index is 501. The van der Waals surface area contributed by atoms with Crippen LogP contribution in [0.2, 0.25) is 0 Å². The van der Waals surface area contributed by atoms with Gasteiger partial charge in [-0.1, -0.05) is 0 Å².